The van der Waals surface area contributed by atoms with Crippen LogP contribution in [0.25, 0.3) is 10.9 Å². The summed E-state index contributed by atoms with van der Waals surface area (Å²) >= 11 is 0. The highest BCUT2D eigenvalue weighted by Gasteiger charge is 2.49. The number of aromatic nitrogens is 2. The van der Waals surface area contributed by atoms with Crippen molar-refractivity contribution < 1.29 is 26.7 Å². The maximum absolute atomic E-state index is 13.5. The number of nitrogens with zero attached hydrogens (tertiary/aromatic N) is 1. The number of nitrogens with one attached hydrogen (secondary N) is 1. The summed E-state index contributed by atoms with van der Waals surface area (Å²) in [6.45, 7) is 2.96. The highest BCUT2D eigenvalue weighted by molar-refractivity contribution is 6.03. The molecule has 3 N–H and O–H groups in total. The van der Waals surface area contributed by atoms with E-state index in [4.69, 9.17) is 5.73 Å². The van der Waals surface area contributed by atoms with Crippen LogP contribution >= 0.6 is 0 Å². The van der Waals surface area contributed by atoms with E-state index in [-0.39, 0.29) is 34.4 Å². The lowest BCUT2D eigenvalue weighted by molar-refractivity contribution is -0.182. The van der Waals surface area contributed by atoms with Crippen LogP contribution in [0.4, 0.5) is 22.0 Å². The molecule has 1 saturated carbocycles. The number of alkyl halides is 3. The van der Waals surface area contributed by atoms with Crippen LogP contribution < -0.4 is 11.2 Å². The van der Waals surface area contributed by atoms with Crippen LogP contribution in [0.5, 0.6) is 0 Å². The zero-order valence-electron chi connectivity index (χ0n) is 17.8. The monoisotopic (exact) mass is 467 g/mol. The Bertz CT molecular complexity index is 1230. The van der Waals surface area contributed by atoms with Crippen molar-refractivity contribution in [1.82, 2.24) is 9.97 Å². The van der Waals surface area contributed by atoms with Crippen molar-refractivity contribution in [1.29, 1.82) is 0 Å². The maximum Gasteiger partial charge on any atom is 0.392 e. The molecule has 3 atom stereocenters. The summed E-state index contributed by atoms with van der Waals surface area (Å²) in [5.74, 6) is -4.94. The number of carbonyl (C=O) groups excluding carboxylic acids is 1. The number of primary amides is 1. The average molecular weight is 467 g/mol. The SMILES string of the molecule is Cc1c(C2CCC(C(F)(F)F)C2C)ccc(F)c1F.NC(=O)c1nccc2[nH]ccc(=O)c12. The third kappa shape index (κ3) is 4.89. The Hall–Kier alpha value is -3.30. The number of aromatic amines is 1. The van der Waals surface area contributed by atoms with Gasteiger partial charge in [-0.2, -0.15) is 13.2 Å². The molecule has 1 aliphatic carbocycles. The first kappa shape index (κ1) is 24.3. The van der Waals surface area contributed by atoms with E-state index in [9.17, 15) is 31.5 Å². The lowest BCUT2D eigenvalue weighted by atomic mass is 9.84. The maximum atomic E-state index is 13.5. The molecule has 176 valence electrons. The van der Waals surface area contributed by atoms with Crippen molar-refractivity contribution in [2.45, 2.75) is 38.8 Å². The summed E-state index contributed by atoms with van der Waals surface area (Å²) in [5, 5.41) is 0.238. The molecule has 33 heavy (non-hydrogen) atoms. The molecule has 2 aromatic heterocycles. The molecule has 1 amide bonds. The Morgan fingerprint density at radius 2 is 1.85 bits per heavy atom. The van der Waals surface area contributed by atoms with Crippen molar-refractivity contribution in [3.05, 3.63) is 75.3 Å². The second kappa shape index (κ2) is 9.29. The number of carbonyl (C=O) groups is 1. The van der Waals surface area contributed by atoms with Crippen LogP contribution in [-0.4, -0.2) is 22.1 Å². The quantitative estimate of drug-likeness (QED) is 0.521. The molecule has 0 saturated heterocycles. The molecule has 3 unspecified atom stereocenters. The molecule has 0 spiro atoms. The topological polar surface area (TPSA) is 88.8 Å². The number of amides is 1. The van der Waals surface area contributed by atoms with Crippen molar-refractivity contribution in [3.63, 3.8) is 0 Å². The number of pyridine rings is 2. The normalized spacial score (nSPS) is 20.4. The second-order valence-corrected chi connectivity index (χ2v) is 8.05. The molecule has 0 aliphatic heterocycles. The molecule has 0 bridgehead atoms. The summed E-state index contributed by atoms with van der Waals surface area (Å²) in [5.41, 5.74) is 6.02. The van der Waals surface area contributed by atoms with E-state index in [1.807, 2.05) is 0 Å². The van der Waals surface area contributed by atoms with E-state index in [0.29, 0.717) is 17.5 Å². The van der Waals surface area contributed by atoms with Gasteiger partial charge in [-0.25, -0.2) is 8.78 Å². The third-order valence-corrected chi connectivity index (χ3v) is 6.16. The lowest BCUT2D eigenvalue weighted by Gasteiger charge is -2.24. The van der Waals surface area contributed by atoms with Crippen LogP contribution in [-0.2, 0) is 0 Å². The van der Waals surface area contributed by atoms with E-state index in [2.05, 4.69) is 9.97 Å². The number of rotatable bonds is 2. The lowest BCUT2D eigenvalue weighted by Crippen LogP contribution is -2.26. The number of H-pyrrole nitrogens is 1. The molecule has 4 rings (SSSR count). The minimum absolute atomic E-state index is 0.00403. The fourth-order valence-electron chi connectivity index (χ4n) is 4.44. The molecule has 5 nitrogen and oxygen atoms in total. The van der Waals surface area contributed by atoms with Crippen LogP contribution in [0.3, 0.4) is 0 Å². The zero-order valence-corrected chi connectivity index (χ0v) is 17.8. The molecule has 0 radical (unpaired) electrons. The summed E-state index contributed by atoms with van der Waals surface area (Å²) in [4.78, 5) is 29.0. The van der Waals surface area contributed by atoms with E-state index in [1.165, 1.54) is 38.4 Å². The second-order valence-electron chi connectivity index (χ2n) is 8.05. The van der Waals surface area contributed by atoms with Gasteiger partial charge in [-0.05, 0) is 54.9 Å². The molecule has 2 heterocycles. The number of hydrogen-bond donors (Lipinski definition) is 2. The van der Waals surface area contributed by atoms with Crippen molar-refractivity contribution in [2.24, 2.45) is 17.6 Å². The van der Waals surface area contributed by atoms with Crippen molar-refractivity contribution in [2.75, 3.05) is 0 Å². The minimum atomic E-state index is -4.22. The van der Waals surface area contributed by atoms with Gasteiger partial charge in [0.25, 0.3) is 5.91 Å². The van der Waals surface area contributed by atoms with Gasteiger partial charge in [0, 0.05) is 18.5 Å². The van der Waals surface area contributed by atoms with E-state index >= 15 is 0 Å². The minimum Gasteiger partial charge on any atom is -0.364 e. The predicted molar refractivity (Wildman–Crippen MR) is 113 cm³/mol. The van der Waals surface area contributed by atoms with Gasteiger partial charge in [0.05, 0.1) is 16.8 Å². The first-order chi connectivity index (χ1) is 15.4. The van der Waals surface area contributed by atoms with E-state index < -0.39 is 35.6 Å². The zero-order chi connectivity index (χ0) is 24.5. The molecule has 1 fully saturated rings. The van der Waals surface area contributed by atoms with Crippen LogP contribution in [0, 0.1) is 30.4 Å². The molecule has 1 aromatic carbocycles. The summed E-state index contributed by atoms with van der Waals surface area (Å²) < 4.78 is 65.0. The van der Waals surface area contributed by atoms with E-state index in [0.717, 1.165) is 6.07 Å². The first-order valence-corrected chi connectivity index (χ1v) is 10.2. The van der Waals surface area contributed by atoms with Crippen molar-refractivity contribution in [3.8, 4) is 0 Å². The van der Waals surface area contributed by atoms with E-state index in [1.54, 1.807) is 6.07 Å². The Labute approximate surface area is 185 Å². The first-order valence-electron chi connectivity index (χ1n) is 10.2. The van der Waals surface area contributed by atoms with Crippen LogP contribution in [0.15, 0.2) is 41.5 Å². The van der Waals surface area contributed by atoms with Gasteiger partial charge in [0.1, 0.15) is 5.69 Å². The summed E-state index contributed by atoms with van der Waals surface area (Å²) in [7, 11) is 0. The molecular formula is C23H22F5N3O2. The molecule has 1 aliphatic rings. The Balaban J connectivity index is 0.000000194. The summed E-state index contributed by atoms with van der Waals surface area (Å²) in [6, 6.07) is 5.35. The van der Waals surface area contributed by atoms with Gasteiger partial charge in [-0.15, -0.1) is 0 Å². The Kier molecular flexibility index (Phi) is 6.85. The van der Waals surface area contributed by atoms with Gasteiger partial charge in [-0.3, -0.25) is 14.6 Å². The van der Waals surface area contributed by atoms with Crippen molar-refractivity contribution >= 4 is 16.8 Å². The van der Waals surface area contributed by atoms with Gasteiger partial charge in [0.2, 0.25) is 0 Å². The summed E-state index contributed by atoms with van der Waals surface area (Å²) in [6.07, 6.45) is -0.876. The number of halogens is 5. The fourth-order valence-corrected chi connectivity index (χ4v) is 4.44. The standard InChI is InChI=1S/C14H15F5.C9H7N3O2/c1-7-9(3-5-11(7)14(17,18)19)10-4-6-12(15)13(16)8(10)2;10-9(14)8-7-5(1-3-12-8)11-4-2-6(7)13/h4,6-7,9,11H,3,5H2,1-2H3;1-4H,(H2,10,14)(H,11,13). The highest BCUT2D eigenvalue weighted by Crippen LogP contribution is 2.50. The third-order valence-electron chi connectivity index (χ3n) is 6.16. The fraction of sp³-hybridized carbons (Fsp3) is 0.348. The number of fused-ring (bicyclic) bond motifs is 1. The largest absolute Gasteiger partial charge is 0.392 e. The van der Waals surface area contributed by atoms with Gasteiger partial charge in [-0.1, -0.05) is 13.0 Å². The smallest absolute Gasteiger partial charge is 0.364 e. The number of benzene rings is 1. The number of nitrogens with two attached hydrogens (primary N) is 1. The van der Waals surface area contributed by atoms with Gasteiger partial charge < -0.3 is 10.7 Å². The van der Waals surface area contributed by atoms with Crippen LogP contribution in [0.2, 0.25) is 0 Å². The molecular weight excluding hydrogens is 445 g/mol. The Morgan fingerprint density at radius 1 is 1.15 bits per heavy atom. The molecule has 3 aromatic rings. The van der Waals surface area contributed by atoms with Crippen LogP contribution in [0.1, 0.15) is 47.3 Å². The molecule has 10 heteroatoms. The van der Waals surface area contributed by atoms with Gasteiger partial charge >= 0.3 is 6.18 Å². The highest BCUT2D eigenvalue weighted by atomic mass is 19.4. The van der Waals surface area contributed by atoms with Gasteiger partial charge in [0.15, 0.2) is 17.1 Å². The Morgan fingerprint density at radius 3 is 2.45 bits per heavy atom. The number of hydrogen-bond acceptors (Lipinski definition) is 3. The predicted octanol–water partition coefficient (Wildman–Crippen LogP) is 4.99. The average Bonchev–Trinajstić information content (AvgIpc) is 3.14.